The van der Waals surface area contributed by atoms with Crippen LogP contribution >= 0.6 is 0 Å². The normalized spacial score (nSPS) is 15.4. The van der Waals surface area contributed by atoms with Crippen LogP contribution in [-0.4, -0.2) is 54.0 Å². The molecule has 4 rings (SSSR count). The lowest BCUT2D eigenvalue weighted by Gasteiger charge is -2.35. The maximum absolute atomic E-state index is 13.4. The zero-order chi connectivity index (χ0) is 22.5. The van der Waals surface area contributed by atoms with Gasteiger partial charge in [0.25, 0.3) is 5.91 Å². The standard InChI is InChI=1S/C27H35N3O2/c1-20(2)17-30(27(31)23-8-9-25-22(16-23)10-13-28-25)18-21-11-14-29(15-12-21)19-24-6-4-5-7-26(24)32-3/h4-10,13,16,20-21,28H,11-12,14-15,17-19H2,1-3H3. The molecular formula is C27H35N3O2. The molecule has 0 unspecified atom stereocenters. The van der Waals surface area contributed by atoms with Crippen molar-refractivity contribution in [1.29, 1.82) is 0 Å². The third-order valence-corrected chi connectivity index (χ3v) is 6.45. The van der Waals surface area contributed by atoms with Crippen LogP contribution in [0.5, 0.6) is 5.75 Å². The van der Waals surface area contributed by atoms with Gasteiger partial charge < -0.3 is 14.6 Å². The Bertz CT molecular complexity index is 1030. The number of nitrogens with zero attached hydrogens (tertiary/aromatic N) is 2. The molecule has 0 aliphatic carbocycles. The molecule has 5 nitrogen and oxygen atoms in total. The van der Waals surface area contributed by atoms with E-state index in [1.807, 2.05) is 42.6 Å². The summed E-state index contributed by atoms with van der Waals surface area (Å²) in [7, 11) is 1.74. The van der Waals surface area contributed by atoms with Crippen molar-refractivity contribution < 1.29 is 9.53 Å². The van der Waals surface area contributed by atoms with E-state index in [2.05, 4.69) is 40.8 Å². The van der Waals surface area contributed by atoms with Crippen molar-refractivity contribution in [3.63, 3.8) is 0 Å². The van der Waals surface area contributed by atoms with Gasteiger partial charge in [0.2, 0.25) is 0 Å². The molecule has 2 aromatic carbocycles. The van der Waals surface area contributed by atoms with Gasteiger partial charge in [-0.2, -0.15) is 0 Å². The van der Waals surface area contributed by atoms with Gasteiger partial charge >= 0.3 is 0 Å². The number of carbonyl (C=O) groups excluding carboxylic acids is 1. The highest BCUT2D eigenvalue weighted by Gasteiger charge is 2.25. The van der Waals surface area contributed by atoms with Gasteiger partial charge in [-0.05, 0) is 68.1 Å². The van der Waals surface area contributed by atoms with E-state index < -0.39 is 0 Å². The number of piperidine rings is 1. The van der Waals surface area contributed by atoms with Gasteiger partial charge in [0.05, 0.1) is 7.11 Å². The fourth-order valence-corrected chi connectivity index (χ4v) is 4.76. The van der Waals surface area contributed by atoms with Gasteiger partial charge in [-0.25, -0.2) is 0 Å². The molecular weight excluding hydrogens is 398 g/mol. The SMILES string of the molecule is COc1ccccc1CN1CCC(CN(CC(C)C)C(=O)c2ccc3[nH]ccc3c2)CC1. The van der Waals surface area contributed by atoms with Crippen molar-refractivity contribution in [2.24, 2.45) is 11.8 Å². The number of aromatic amines is 1. The Morgan fingerprint density at radius 3 is 2.69 bits per heavy atom. The van der Waals surface area contributed by atoms with Crippen LogP contribution in [0.3, 0.4) is 0 Å². The Morgan fingerprint density at radius 1 is 1.16 bits per heavy atom. The predicted octanol–water partition coefficient (Wildman–Crippen LogP) is 5.19. The molecule has 0 radical (unpaired) electrons. The minimum Gasteiger partial charge on any atom is -0.496 e. The number of H-pyrrole nitrogens is 1. The summed E-state index contributed by atoms with van der Waals surface area (Å²) in [6.07, 6.45) is 4.16. The summed E-state index contributed by atoms with van der Waals surface area (Å²) in [5, 5.41) is 1.09. The number of likely N-dealkylation sites (tertiary alicyclic amines) is 1. The van der Waals surface area contributed by atoms with E-state index in [4.69, 9.17) is 4.74 Å². The van der Waals surface area contributed by atoms with Gasteiger partial charge in [0.1, 0.15) is 5.75 Å². The maximum atomic E-state index is 13.4. The third-order valence-electron chi connectivity index (χ3n) is 6.45. The topological polar surface area (TPSA) is 48.6 Å². The van der Waals surface area contributed by atoms with Crippen molar-refractivity contribution in [2.75, 3.05) is 33.3 Å². The van der Waals surface area contributed by atoms with Crippen LogP contribution in [-0.2, 0) is 6.54 Å². The molecule has 0 atom stereocenters. The number of fused-ring (bicyclic) bond motifs is 1. The number of para-hydroxylation sites is 1. The number of hydrogen-bond donors (Lipinski definition) is 1. The lowest BCUT2D eigenvalue weighted by atomic mass is 9.95. The molecule has 170 valence electrons. The van der Waals surface area contributed by atoms with Gasteiger partial charge in [-0.3, -0.25) is 9.69 Å². The molecule has 5 heteroatoms. The number of benzene rings is 2. The Morgan fingerprint density at radius 2 is 1.94 bits per heavy atom. The molecule has 0 spiro atoms. The summed E-state index contributed by atoms with van der Waals surface area (Å²) >= 11 is 0. The van der Waals surface area contributed by atoms with Crippen LogP contribution < -0.4 is 4.74 Å². The highest BCUT2D eigenvalue weighted by atomic mass is 16.5. The largest absolute Gasteiger partial charge is 0.496 e. The van der Waals surface area contributed by atoms with Gasteiger partial charge in [0, 0.05) is 47.9 Å². The average Bonchev–Trinajstić information content (AvgIpc) is 3.27. The molecule has 32 heavy (non-hydrogen) atoms. The summed E-state index contributed by atoms with van der Waals surface area (Å²) in [4.78, 5) is 21.2. The van der Waals surface area contributed by atoms with E-state index in [0.717, 1.165) is 67.8 Å². The highest BCUT2D eigenvalue weighted by molar-refractivity contribution is 5.98. The molecule has 0 bridgehead atoms. The fraction of sp³-hybridized carbons (Fsp3) is 0.444. The molecule has 1 saturated heterocycles. The van der Waals surface area contributed by atoms with Crippen molar-refractivity contribution in [2.45, 2.75) is 33.2 Å². The molecule has 1 amide bonds. The van der Waals surface area contributed by atoms with E-state index in [9.17, 15) is 4.79 Å². The van der Waals surface area contributed by atoms with Gasteiger partial charge in [-0.15, -0.1) is 0 Å². The second-order valence-corrected chi connectivity index (χ2v) is 9.42. The van der Waals surface area contributed by atoms with Crippen LogP contribution in [0.2, 0.25) is 0 Å². The van der Waals surface area contributed by atoms with E-state index in [1.54, 1.807) is 7.11 Å². The molecule has 1 aliphatic rings. The molecule has 1 aromatic heterocycles. The number of rotatable bonds is 8. The number of hydrogen-bond acceptors (Lipinski definition) is 3. The predicted molar refractivity (Wildman–Crippen MR) is 130 cm³/mol. The summed E-state index contributed by atoms with van der Waals surface area (Å²) in [5.41, 5.74) is 3.09. The van der Waals surface area contributed by atoms with Crippen LogP contribution in [0.4, 0.5) is 0 Å². The summed E-state index contributed by atoms with van der Waals surface area (Å²) in [5.74, 6) is 2.10. The quantitative estimate of drug-likeness (QED) is 0.532. The summed E-state index contributed by atoms with van der Waals surface area (Å²) in [6, 6.07) is 16.3. The zero-order valence-electron chi connectivity index (χ0n) is 19.5. The highest BCUT2D eigenvalue weighted by Crippen LogP contribution is 2.25. The number of ether oxygens (including phenoxy) is 1. The number of nitrogens with one attached hydrogen (secondary N) is 1. The summed E-state index contributed by atoms with van der Waals surface area (Å²) < 4.78 is 5.51. The first-order valence-electron chi connectivity index (χ1n) is 11.7. The number of carbonyl (C=O) groups is 1. The second-order valence-electron chi connectivity index (χ2n) is 9.42. The van der Waals surface area contributed by atoms with Gasteiger partial charge in [-0.1, -0.05) is 32.0 Å². The molecule has 0 saturated carbocycles. The average molecular weight is 434 g/mol. The van der Waals surface area contributed by atoms with E-state index >= 15 is 0 Å². The van der Waals surface area contributed by atoms with Crippen molar-refractivity contribution in [3.05, 3.63) is 65.9 Å². The maximum Gasteiger partial charge on any atom is 0.253 e. The van der Waals surface area contributed by atoms with Crippen molar-refractivity contribution in [1.82, 2.24) is 14.8 Å². The Labute approximate surface area is 191 Å². The Hall–Kier alpha value is -2.79. The van der Waals surface area contributed by atoms with Crippen LogP contribution in [0.25, 0.3) is 10.9 Å². The molecule has 1 aliphatic heterocycles. The molecule has 1 N–H and O–H groups in total. The first-order chi connectivity index (χ1) is 15.5. The third kappa shape index (κ3) is 5.33. The molecule has 2 heterocycles. The fourth-order valence-electron chi connectivity index (χ4n) is 4.76. The molecule has 1 fully saturated rings. The van der Waals surface area contributed by atoms with Crippen LogP contribution in [0.15, 0.2) is 54.7 Å². The number of aromatic nitrogens is 1. The zero-order valence-corrected chi connectivity index (χ0v) is 19.5. The monoisotopic (exact) mass is 433 g/mol. The number of methoxy groups -OCH3 is 1. The number of amides is 1. The second kappa shape index (κ2) is 10.2. The molecule has 3 aromatic rings. The van der Waals surface area contributed by atoms with Crippen molar-refractivity contribution in [3.8, 4) is 5.75 Å². The first kappa shape index (κ1) is 22.4. The van der Waals surface area contributed by atoms with Crippen LogP contribution in [0, 0.1) is 11.8 Å². The minimum absolute atomic E-state index is 0.151. The first-order valence-corrected chi connectivity index (χ1v) is 11.7. The van der Waals surface area contributed by atoms with E-state index in [1.165, 1.54) is 5.56 Å². The smallest absolute Gasteiger partial charge is 0.253 e. The minimum atomic E-state index is 0.151. The summed E-state index contributed by atoms with van der Waals surface area (Å²) in [6.45, 7) is 9.04. The van der Waals surface area contributed by atoms with E-state index in [-0.39, 0.29) is 5.91 Å². The van der Waals surface area contributed by atoms with Crippen molar-refractivity contribution >= 4 is 16.8 Å². The Balaban J connectivity index is 1.37. The lowest BCUT2D eigenvalue weighted by Crippen LogP contribution is -2.42. The van der Waals surface area contributed by atoms with Crippen LogP contribution in [0.1, 0.15) is 42.6 Å². The van der Waals surface area contributed by atoms with E-state index in [0.29, 0.717) is 11.8 Å². The lowest BCUT2D eigenvalue weighted by molar-refractivity contribution is 0.0663. The Kier molecular flexibility index (Phi) is 7.15. The van der Waals surface area contributed by atoms with Gasteiger partial charge in [0.15, 0.2) is 0 Å².